The summed E-state index contributed by atoms with van der Waals surface area (Å²) >= 11 is 0. The van der Waals surface area contributed by atoms with Crippen molar-refractivity contribution in [3.8, 4) is 0 Å². The number of anilines is 1. The summed E-state index contributed by atoms with van der Waals surface area (Å²) in [5.41, 5.74) is 11.1. The number of carboxylic acids is 4. The summed E-state index contributed by atoms with van der Waals surface area (Å²) in [4.78, 5) is 124. The maximum absolute atomic E-state index is 13.5. The van der Waals surface area contributed by atoms with Gasteiger partial charge in [0.15, 0.2) is 0 Å². The summed E-state index contributed by atoms with van der Waals surface area (Å²) in [5, 5.41) is 52.1. The van der Waals surface area contributed by atoms with Crippen molar-refractivity contribution in [1.82, 2.24) is 26.6 Å². The second-order valence-electron chi connectivity index (χ2n) is 12.3. The van der Waals surface area contributed by atoms with Crippen LogP contribution >= 0.6 is 0 Å². The Hall–Kier alpha value is -6.68. The van der Waals surface area contributed by atoms with Gasteiger partial charge in [-0.2, -0.15) is 0 Å². The van der Waals surface area contributed by atoms with Crippen LogP contribution in [-0.4, -0.2) is 123 Å². The monoisotopic (exact) mass is 788 g/mol. The molecule has 6 amide bonds. The Bertz CT molecular complexity index is 1800. The zero-order valence-electron chi connectivity index (χ0n) is 29.8. The molecule has 0 saturated heterocycles. The molecule has 0 aromatic heterocycles. The fraction of sp³-hybridized carbons (Fsp3) is 0.412. The van der Waals surface area contributed by atoms with Crippen LogP contribution in [0, 0.1) is 0 Å². The Kier molecular flexibility index (Phi) is 18.3. The number of nitrogens with two attached hydrogens (primary N) is 2. The average Bonchev–Trinajstić information content (AvgIpc) is 3.12. The number of nitrogens with one attached hydrogen (secondary N) is 6. The third-order valence-corrected chi connectivity index (χ3v) is 7.85. The van der Waals surface area contributed by atoms with E-state index in [1.165, 1.54) is 0 Å². The first-order valence-corrected chi connectivity index (χ1v) is 17.0. The fourth-order valence-electron chi connectivity index (χ4n) is 5.14. The highest BCUT2D eigenvalue weighted by molar-refractivity contribution is 6.02. The van der Waals surface area contributed by atoms with E-state index in [9.17, 15) is 63.3 Å². The molecule has 0 aliphatic carbocycles. The number of aliphatic carboxylic acids is 4. The molecule has 0 heterocycles. The van der Waals surface area contributed by atoms with Crippen LogP contribution in [0.3, 0.4) is 0 Å². The van der Waals surface area contributed by atoms with Crippen LogP contribution in [0.25, 0.3) is 10.8 Å². The summed E-state index contributed by atoms with van der Waals surface area (Å²) in [5.74, 6) is -13.6. The number of benzene rings is 2. The smallest absolute Gasteiger partial charge is 0.305 e. The third kappa shape index (κ3) is 15.7. The van der Waals surface area contributed by atoms with Gasteiger partial charge >= 0.3 is 23.9 Å². The Balaban J connectivity index is 2.30. The Morgan fingerprint density at radius 1 is 0.500 bits per heavy atom. The van der Waals surface area contributed by atoms with Gasteiger partial charge in [0.1, 0.15) is 30.2 Å². The standard InChI is InChI=1S/C34H44N8O14/c35-10-4-3-7-20(30(52)37-19-9-8-17-5-1-2-6-18(17)11-19)39-32(54)22(13-27(46)47)41-34(56)24(15-29(50)51)42-33(55)23(14-28(48)49)40-31(53)21(12-26(44)45)38-25(43)16-36/h1-2,5-6,8-9,11,20-24H,3-4,7,10,12-16,35-36H2,(H,37,52)(H,38,43)(H,39,54)(H,40,53)(H,41,56)(H,42,55)(H,44,45)(H,46,47)(H,48,49)(H,50,51)/t20-,21+,22-,23-,24-/m0/s1. The van der Waals surface area contributed by atoms with Crippen molar-refractivity contribution >= 4 is 75.8 Å². The number of amides is 6. The van der Waals surface area contributed by atoms with Crippen LogP contribution in [0.1, 0.15) is 44.9 Å². The lowest BCUT2D eigenvalue weighted by Gasteiger charge is -2.26. The Labute approximate surface area is 318 Å². The normalized spacial score (nSPS) is 13.4. The number of rotatable bonds is 24. The number of hydrogen-bond acceptors (Lipinski definition) is 12. The zero-order chi connectivity index (χ0) is 41.9. The second kappa shape index (κ2) is 22.5. The molecule has 22 heteroatoms. The second-order valence-corrected chi connectivity index (χ2v) is 12.3. The summed E-state index contributed by atoms with van der Waals surface area (Å²) in [6.07, 6.45) is -3.64. The highest BCUT2D eigenvalue weighted by Gasteiger charge is 2.35. The van der Waals surface area contributed by atoms with E-state index in [2.05, 4.69) is 10.6 Å². The van der Waals surface area contributed by atoms with E-state index in [0.29, 0.717) is 18.5 Å². The van der Waals surface area contributed by atoms with Gasteiger partial charge in [-0.3, -0.25) is 47.9 Å². The van der Waals surface area contributed by atoms with Gasteiger partial charge in [0, 0.05) is 5.69 Å². The van der Waals surface area contributed by atoms with Gasteiger partial charge in [0.25, 0.3) is 0 Å². The predicted octanol–water partition coefficient (Wildman–Crippen LogP) is -2.81. The number of carbonyl (C=O) groups excluding carboxylic acids is 6. The lowest BCUT2D eigenvalue weighted by Crippen LogP contribution is -2.60. The maximum Gasteiger partial charge on any atom is 0.305 e. The van der Waals surface area contributed by atoms with E-state index in [-0.39, 0.29) is 13.0 Å². The van der Waals surface area contributed by atoms with Crippen molar-refractivity contribution in [1.29, 1.82) is 0 Å². The van der Waals surface area contributed by atoms with Crippen LogP contribution in [-0.2, 0) is 47.9 Å². The molecule has 22 nitrogen and oxygen atoms in total. The van der Waals surface area contributed by atoms with Crippen molar-refractivity contribution in [2.75, 3.05) is 18.4 Å². The number of unbranched alkanes of at least 4 members (excludes halogenated alkanes) is 1. The molecule has 2 aromatic carbocycles. The maximum atomic E-state index is 13.5. The molecule has 56 heavy (non-hydrogen) atoms. The molecule has 0 unspecified atom stereocenters. The lowest BCUT2D eigenvalue weighted by atomic mass is 10.1. The fourth-order valence-corrected chi connectivity index (χ4v) is 5.14. The summed E-state index contributed by atoms with van der Waals surface area (Å²) in [6.45, 7) is -0.408. The molecule has 0 radical (unpaired) electrons. The molecule has 304 valence electrons. The first kappa shape index (κ1) is 45.5. The third-order valence-electron chi connectivity index (χ3n) is 7.85. The van der Waals surface area contributed by atoms with E-state index in [1.54, 1.807) is 24.3 Å². The van der Waals surface area contributed by atoms with Gasteiger partial charge in [-0.1, -0.05) is 30.3 Å². The number of hydrogen-bond donors (Lipinski definition) is 12. The van der Waals surface area contributed by atoms with Gasteiger partial charge in [0.2, 0.25) is 35.4 Å². The van der Waals surface area contributed by atoms with Gasteiger partial charge < -0.3 is 63.8 Å². The van der Waals surface area contributed by atoms with Crippen LogP contribution in [0.15, 0.2) is 42.5 Å². The molecule has 0 saturated carbocycles. The summed E-state index contributed by atoms with van der Waals surface area (Å²) in [6, 6.07) is 3.13. The van der Waals surface area contributed by atoms with Crippen molar-refractivity contribution < 1.29 is 68.4 Å². The first-order valence-electron chi connectivity index (χ1n) is 17.0. The van der Waals surface area contributed by atoms with E-state index in [0.717, 1.165) is 10.8 Å². The minimum Gasteiger partial charge on any atom is -0.481 e. The van der Waals surface area contributed by atoms with Crippen LogP contribution in [0.4, 0.5) is 5.69 Å². The largest absolute Gasteiger partial charge is 0.481 e. The summed E-state index contributed by atoms with van der Waals surface area (Å²) in [7, 11) is 0. The highest BCUT2D eigenvalue weighted by Crippen LogP contribution is 2.19. The molecular formula is C34H44N8O14. The van der Waals surface area contributed by atoms with Crippen LogP contribution < -0.4 is 43.4 Å². The quantitative estimate of drug-likeness (QED) is 0.0478. The van der Waals surface area contributed by atoms with Gasteiger partial charge in [-0.15, -0.1) is 0 Å². The topological polar surface area (TPSA) is 376 Å². The minimum absolute atomic E-state index is 0.0354. The molecule has 0 fully saturated rings. The molecule has 14 N–H and O–H groups in total. The van der Waals surface area contributed by atoms with Gasteiger partial charge in [-0.25, -0.2) is 0 Å². The van der Waals surface area contributed by atoms with E-state index < -0.39 is 122 Å². The molecule has 0 aliphatic rings. The molecule has 5 atom stereocenters. The van der Waals surface area contributed by atoms with Gasteiger partial charge in [-0.05, 0) is 48.7 Å². The zero-order valence-corrected chi connectivity index (χ0v) is 29.8. The van der Waals surface area contributed by atoms with Crippen molar-refractivity contribution in [3.05, 3.63) is 42.5 Å². The Morgan fingerprint density at radius 3 is 1.32 bits per heavy atom. The molecule has 0 aliphatic heterocycles. The molecule has 0 spiro atoms. The van der Waals surface area contributed by atoms with Crippen molar-refractivity contribution in [2.45, 2.75) is 75.2 Å². The number of carbonyl (C=O) groups is 10. The van der Waals surface area contributed by atoms with Crippen LogP contribution in [0.2, 0.25) is 0 Å². The van der Waals surface area contributed by atoms with Gasteiger partial charge in [0.05, 0.1) is 32.2 Å². The lowest BCUT2D eigenvalue weighted by molar-refractivity contribution is -0.145. The van der Waals surface area contributed by atoms with Crippen molar-refractivity contribution in [2.24, 2.45) is 11.5 Å². The average molecular weight is 789 g/mol. The number of fused-ring (bicyclic) bond motifs is 1. The molecule has 2 rings (SSSR count). The van der Waals surface area contributed by atoms with E-state index in [1.807, 2.05) is 39.5 Å². The molecular weight excluding hydrogens is 744 g/mol. The number of carboxylic acid groups (broad SMARTS) is 4. The van der Waals surface area contributed by atoms with Crippen LogP contribution in [0.5, 0.6) is 0 Å². The summed E-state index contributed by atoms with van der Waals surface area (Å²) < 4.78 is 0. The SMILES string of the molecule is NCCCC[C@H](NC(=O)[C@H](CC(=O)O)NC(=O)[C@H](CC(=O)O)NC(=O)[C@H](CC(=O)O)NC(=O)[C@@H](CC(=O)O)NC(=O)CN)C(=O)Nc1ccc2ccccc2c1. The Morgan fingerprint density at radius 2 is 0.911 bits per heavy atom. The van der Waals surface area contributed by atoms with E-state index in [4.69, 9.17) is 16.6 Å². The minimum atomic E-state index is -2.11. The first-order chi connectivity index (χ1) is 26.4. The molecule has 0 bridgehead atoms. The highest BCUT2D eigenvalue weighted by atomic mass is 16.4. The predicted molar refractivity (Wildman–Crippen MR) is 193 cm³/mol. The molecule has 2 aromatic rings. The van der Waals surface area contributed by atoms with Crippen molar-refractivity contribution in [3.63, 3.8) is 0 Å². The van der Waals surface area contributed by atoms with E-state index >= 15 is 0 Å².